The zero-order chi connectivity index (χ0) is 28.4. The maximum Gasteiger partial charge on any atom is 0.341 e. The fourth-order valence-electron chi connectivity index (χ4n) is 4.94. The first-order valence-electron chi connectivity index (χ1n) is 12.7. The predicted octanol–water partition coefficient (Wildman–Crippen LogP) is 2.64. The van der Waals surface area contributed by atoms with Crippen molar-refractivity contribution in [2.24, 2.45) is 0 Å². The standard InChI is InChI=1S/C29H29FN4O6/c1-39-19-9-8-18(25(10-19)40-2)13-33-14-21(29(37)38)26(36)20-11-22(30)28(32-27(20)33)34-15-23(24(35)16-34)31-12-17-6-4-3-5-7-17/h3-11,14,23-24,31,35H,12-13,15-16H2,1-2H3,(H,37,38). The van der Waals surface area contributed by atoms with Crippen LogP contribution in [0.5, 0.6) is 11.5 Å². The zero-order valence-electron chi connectivity index (χ0n) is 22.0. The SMILES string of the molecule is COc1ccc(Cn2cc(C(=O)O)c(=O)c3cc(F)c(N4CC(O)C(NCc5ccccc5)C4)nc32)c(OC)c1. The van der Waals surface area contributed by atoms with Gasteiger partial charge in [-0.05, 0) is 23.8 Å². The van der Waals surface area contributed by atoms with Crippen LogP contribution in [0.2, 0.25) is 0 Å². The Kier molecular flexibility index (Phi) is 7.67. The molecule has 4 aromatic rings. The number of hydrogen-bond donors (Lipinski definition) is 3. The predicted molar refractivity (Wildman–Crippen MR) is 147 cm³/mol. The lowest BCUT2D eigenvalue weighted by atomic mass is 10.1. The number of carboxylic acid groups (broad SMARTS) is 1. The fourth-order valence-corrected chi connectivity index (χ4v) is 4.94. The van der Waals surface area contributed by atoms with Crippen molar-refractivity contribution in [2.45, 2.75) is 25.2 Å². The van der Waals surface area contributed by atoms with Crippen LogP contribution in [0, 0.1) is 5.82 Å². The Bertz CT molecular complexity index is 1610. The summed E-state index contributed by atoms with van der Waals surface area (Å²) < 4.78 is 27.6. The molecule has 1 fully saturated rings. The number of fused-ring (bicyclic) bond motifs is 1. The van der Waals surface area contributed by atoms with E-state index in [1.807, 2.05) is 30.3 Å². The summed E-state index contributed by atoms with van der Waals surface area (Å²) in [5.41, 5.74) is 0.492. The van der Waals surface area contributed by atoms with Crippen molar-refractivity contribution < 1.29 is 28.9 Å². The first kappa shape index (κ1) is 27.1. The van der Waals surface area contributed by atoms with Gasteiger partial charge in [-0.15, -0.1) is 0 Å². The molecule has 3 N–H and O–H groups in total. The minimum absolute atomic E-state index is 0.0338. The van der Waals surface area contributed by atoms with Crippen molar-refractivity contribution in [3.05, 3.63) is 93.5 Å². The molecule has 208 valence electrons. The Balaban J connectivity index is 1.52. The smallest absolute Gasteiger partial charge is 0.341 e. The number of hydrogen-bond acceptors (Lipinski definition) is 8. The molecule has 0 amide bonds. The molecule has 11 heteroatoms. The van der Waals surface area contributed by atoms with Gasteiger partial charge in [0, 0.05) is 37.5 Å². The molecule has 2 atom stereocenters. The Morgan fingerprint density at radius 2 is 1.90 bits per heavy atom. The molecule has 2 aromatic carbocycles. The number of benzene rings is 2. The summed E-state index contributed by atoms with van der Waals surface area (Å²) in [5, 5.41) is 23.5. The molecule has 0 spiro atoms. The van der Waals surface area contributed by atoms with Crippen LogP contribution in [0.25, 0.3) is 11.0 Å². The maximum absolute atomic E-state index is 15.4. The Hall–Kier alpha value is -4.48. The van der Waals surface area contributed by atoms with Gasteiger partial charge in [-0.3, -0.25) is 4.79 Å². The molecule has 10 nitrogen and oxygen atoms in total. The number of aromatic nitrogens is 2. The lowest BCUT2D eigenvalue weighted by Crippen LogP contribution is -2.38. The molecule has 5 rings (SSSR count). The molecule has 1 saturated heterocycles. The molecule has 2 aromatic heterocycles. The van der Waals surface area contributed by atoms with E-state index >= 15 is 4.39 Å². The first-order valence-corrected chi connectivity index (χ1v) is 12.7. The third-order valence-electron chi connectivity index (χ3n) is 7.05. The van der Waals surface area contributed by atoms with Crippen molar-refractivity contribution in [3.8, 4) is 11.5 Å². The van der Waals surface area contributed by atoms with E-state index in [1.54, 1.807) is 23.1 Å². The van der Waals surface area contributed by atoms with Gasteiger partial charge in [-0.2, -0.15) is 0 Å². The van der Waals surface area contributed by atoms with Crippen LogP contribution >= 0.6 is 0 Å². The largest absolute Gasteiger partial charge is 0.497 e. The van der Waals surface area contributed by atoms with Gasteiger partial charge in [0.15, 0.2) is 11.6 Å². The number of nitrogens with zero attached hydrogens (tertiary/aromatic N) is 3. The van der Waals surface area contributed by atoms with E-state index in [0.717, 1.165) is 11.6 Å². The summed E-state index contributed by atoms with van der Waals surface area (Å²) in [5.74, 6) is -1.19. The Labute approximate surface area is 229 Å². The number of aliphatic hydroxyl groups is 1. The minimum Gasteiger partial charge on any atom is -0.497 e. The van der Waals surface area contributed by atoms with Gasteiger partial charge in [0.1, 0.15) is 22.7 Å². The van der Waals surface area contributed by atoms with Crippen molar-refractivity contribution >= 4 is 22.8 Å². The molecule has 0 radical (unpaired) electrons. The number of nitrogens with one attached hydrogen (secondary N) is 1. The number of aromatic carboxylic acids is 1. The molecule has 1 aliphatic rings. The van der Waals surface area contributed by atoms with Gasteiger partial charge in [0.05, 0.1) is 38.3 Å². The lowest BCUT2D eigenvalue weighted by molar-refractivity contribution is 0.0694. The summed E-state index contributed by atoms with van der Waals surface area (Å²) in [6, 6.07) is 15.6. The number of β-amino-alcohol motifs (C(OH)–C–C–N with tert-alkyl or cyclic N) is 1. The highest BCUT2D eigenvalue weighted by Crippen LogP contribution is 2.28. The normalized spacial score (nSPS) is 16.9. The topological polar surface area (TPSA) is 126 Å². The summed E-state index contributed by atoms with van der Waals surface area (Å²) in [6.45, 7) is 1.04. The zero-order valence-corrected chi connectivity index (χ0v) is 22.0. The van der Waals surface area contributed by atoms with Crippen LogP contribution in [0.4, 0.5) is 10.2 Å². The van der Waals surface area contributed by atoms with Gasteiger partial charge >= 0.3 is 5.97 Å². The third kappa shape index (κ3) is 5.33. The van der Waals surface area contributed by atoms with Gasteiger partial charge in [0.2, 0.25) is 5.43 Å². The first-order chi connectivity index (χ1) is 19.3. The number of aliphatic hydroxyl groups excluding tert-OH is 1. The quantitative estimate of drug-likeness (QED) is 0.289. The van der Waals surface area contributed by atoms with Crippen LogP contribution in [0.3, 0.4) is 0 Å². The van der Waals surface area contributed by atoms with Crippen molar-refractivity contribution in [2.75, 3.05) is 32.2 Å². The summed E-state index contributed by atoms with van der Waals surface area (Å²) in [4.78, 5) is 31.0. The molecule has 2 unspecified atom stereocenters. The van der Waals surface area contributed by atoms with E-state index in [0.29, 0.717) is 23.6 Å². The van der Waals surface area contributed by atoms with Gasteiger partial charge in [-0.1, -0.05) is 30.3 Å². The molecule has 40 heavy (non-hydrogen) atoms. The number of carboxylic acids is 1. The molecular weight excluding hydrogens is 519 g/mol. The van der Waals surface area contributed by atoms with E-state index in [2.05, 4.69) is 10.3 Å². The van der Waals surface area contributed by atoms with Crippen molar-refractivity contribution in [1.29, 1.82) is 0 Å². The molecule has 0 aliphatic carbocycles. The summed E-state index contributed by atoms with van der Waals surface area (Å²) in [6.07, 6.45) is 0.426. The van der Waals surface area contributed by atoms with E-state index in [4.69, 9.17) is 9.47 Å². The van der Waals surface area contributed by atoms with Crippen LogP contribution < -0.4 is 25.1 Å². The second kappa shape index (κ2) is 11.3. The van der Waals surface area contributed by atoms with Crippen LogP contribution in [-0.4, -0.2) is 65.2 Å². The Morgan fingerprint density at radius 3 is 2.60 bits per heavy atom. The lowest BCUT2D eigenvalue weighted by Gasteiger charge is -2.20. The van der Waals surface area contributed by atoms with E-state index < -0.39 is 28.9 Å². The Morgan fingerprint density at radius 1 is 1.12 bits per heavy atom. The average Bonchev–Trinajstić information content (AvgIpc) is 3.33. The minimum atomic E-state index is -1.43. The van der Waals surface area contributed by atoms with Crippen LogP contribution in [-0.2, 0) is 13.1 Å². The number of carbonyl (C=O) groups is 1. The average molecular weight is 549 g/mol. The molecule has 0 saturated carbocycles. The maximum atomic E-state index is 15.4. The van der Waals surface area contributed by atoms with Gasteiger partial charge in [0.25, 0.3) is 0 Å². The summed E-state index contributed by atoms with van der Waals surface area (Å²) in [7, 11) is 3.02. The molecule has 3 heterocycles. The number of rotatable bonds is 9. The van der Waals surface area contributed by atoms with Crippen molar-refractivity contribution in [1.82, 2.24) is 14.9 Å². The van der Waals surface area contributed by atoms with E-state index in [9.17, 15) is 19.8 Å². The highest BCUT2D eigenvalue weighted by molar-refractivity contribution is 5.92. The second-order valence-corrected chi connectivity index (χ2v) is 9.59. The molecule has 0 bridgehead atoms. The number of pyridine rings is 2. The monoisotopic (exact) mass is 548 g/mol. The molecule has 1 aliphatic heterocycles. The third-order valence-corrected chi connectivity index (χ3v) is 7.05. The number of methoxy groups -OCH3 is 2. The van der Waals surface area contributed by atoms with Crippen LogP contribution in [0.1, 0.15) is 21.5 Å². The fraction of sp³-hybridized carbons (Fsp3) is 0.276. The number of halogens is 1. The van der Waals surface area contributed by atoms with E-state index in [-0.39, 0.29) is 42.5 Å². The van der Waals surface area contributed by atoms with Gasteiger partial charge in [-0.25, -0.2) is 14.2 Å². The second-order valence-electron chi connectivity index (χ2n) is 9.59. The van der Waals surface area contributed by atoms with Crippen molar-refractivity contribution in [3.63, 3.8) is 0 Å². The highest BCUT2D eigenvalue weighted by Gasteiger charge is 2.33. The van der Waals surface area contributed by atoms with Gasteiger partial charge < -0.3 is 34.5 Å². The summed E-state index contributed by atoms with van der Waals surface area (Å²) >= 11 is 0. The number of ether oxygens (including phenoxy) is 2. The highest BCUT2D eigenvalue weighted by atomic mass is 19.1. The van der Waals surface area contributed by atoms with E-state index in [1.165, 1.54) is 25.0 Å². The van der Waals surface area contributed by atoms with Crippen LogP contribution in [0.15, 0.2) is 65.6 Å². The number of anilines is 1. The molecular formula is C29H29FN4O6.